The standard InChI is InChI=1S/C15H25N3/c1-3-15(14-8-6-5-7-9-14)16-10-13-11-17-18(4-2)12-13/h4,11-12,14-16H,2-3,5-10H2,1H3. The molecule has 0 amide bonds. The first-order valence-electron chi connectivity index (χ1n) is 7.22. The lowest BCUT2D eigenvalue weighted by molar-refractivity contribution is 0.262. The zero-order valence-electron chi connectivity index (χ0n) is 11.4. The van der Waals surface area contributed by atoms with Gasteiger partial charge in [-0.05, 0) is 25.2 Å². The molecule has 1 fully saturated rings. The molecular formula is C15H25N3. The number of hydrogen-bond donors (Lipinski definition) is 1. The maximum atomic E-state index is 4.21. The highest BCUT2D eigenvalue weighted by atomic mass is 15.2. The van der Waals surface area contributed by atoms with Crippen LogP contribution in [-0.2, 0) is 6.54 Å². The quantitative estimate of drug-likeness (QED) is 0.834. The van der Waals surface area contributed by atoms with Crippen molar-refractivity contribution in [2.45, 2.75) is 58.0 Å². The van der Waals surface area contributed by atoms with E-state index >= 15 is 0 Å². The molecule has 18 heavy (non-hydrogen) atoms. The summed E-state index contributed by atoms with van der Waals surface area (Å²) in [6.45, 7) is 6.92. The fraction of sp³-hybridized carbons (Fsp3) is 0.667. The van der Waals surface area contributed by atoms with Gasteiger partial charge in [0.25, 0.3) is 0 Å². The maximum absolute atomic E-state index is 4.21. The third-order valence-corrected chi connectivity index (χ3v) is 4.07. The second-order valence-corrected chi connectivity index (χ2v) is 5.30. The van der Waals surface area contributed by atoms with Crippen molar-refractivity contribution < 1.29 is 0 Å². The molecule has 1 aromatic heterocycles. The Balaban J connectivity index is 1.84. The monoisotopic (exact) mass is 247 g/mol. The van der Waals surface area contributed by atoms with Crippen LogP contribution < -0.4 is 5.32 Å². The summed E-state index contributed by atoms with van der Waals surface area (Å²) in [5.74, 6) is 0.873. The van der Waals surface area contributed by atoms with E-state index in [0.29, 0.717) is 6.04 Å². The highest BCUT2D eigenvalue weighted by molar-refractivity contribution is 5.17. The van der Waals surface area contributed by atoms with Crippen molar-refractivity contribution in [1.82, 2.24) is 15.1 Å². The van der Waals surface area contributed by atoms with Gasteiger partial charge in [0, 0.05) is 30.5 Å². The summed E-state index contributed by atoms with van der Waals surface area (Å²) in [6.07, 6.45) is 14.0. The fourth-order valence-electron chi connectivity index (χ4n) is 3.00. The molecule has 0 radical (unpaired) electrons. The fourth-order valence-corrected chi connectivity index (χ4v) is 3.00. The summed E-state index contributed by atoms with van der Waals surface area (Å²) in [4.78, 5) is 0. The number of nitrogens with zero attached hydrogens (tertiary/aromatic N) is 2. The minimum absolute atomic E-state index is 0.664. The molecule has 0 saturated heterocycles. The van der Waals surface area contributed by atoms with Gasteiger partial charge in [-0.3, -0.25) is 0 Å². The summed E-state index contributed by atoms with van der Waals surface area (Å²) >= 11 is 0. The van der Waals surface area contributed by atoms with Crippen LogP contribution in [0.3, 0.4) is 0 Å². The van der Waals surface area contributed by atoms with Crippen LogP contribution in [0.4, 0.5) is 0 Å². The summed E-state index contributed by atoms with van der Waals surface area (Å²) in [5.41, 5.74) is 1.24. The van der Waals surface area contributed by atoms with Crippen molar-refractivity contribution in [3.8, 4) is 0 Å². The number of aromatic nitrogens is 2. The number of nitrogens with one attached hydrogen (secondary N) is 1. The average molecular weight is 247 g/mol. The summed E-state index contributed by atoms with van der Waals surface area (Å²) in [5, 5.41) is 7.91. The molecule has 1 unspecified atom stereocenters. The van der Waals surface area contributed by atoms with E-state index in [2.05, 4.69) is 23.9 Å². The van der Waals surface area contributed by atoms with Crippen LogP contribution in [0, 0.1) is 5.92 Å². The Morgan fingerprint density at radius 2 is 2.28 bits per heavy atom. The highest BCUT2D eigenvalue weighted by Gasteiger charge is 2.21. The average Bonchev–Trinajstić information content (AvgIpc) is 2.89. The minimum Gasteiger partial charge on any atom is -0.310 e. The Labute approximate surface area is 110 Å². The van der Waals surface area contributed by atoms with E-state index in [-0.39, 0.29) is 0 Å². The van der Waals surface area contributed by atoms with E-state index in [0.717, 1.165) is 12.5 Å². The first-order chi connectivity index (χ1) is 8.83. The van der Waals surface area contributed by atoms with Gasteiger partial charge in [0.05, 0.1) is 6.20 Å². The molecule has 1 saturated carbocycles. The van der Waals surface area contributed by atoms with E-state index < -0.39 is 0 Å². The first-order valence-corrected chi connectivity index (χ1v) is 7.22. The van der Waals surface area contributed by atoms with Gasteiger partial charge in [0.2, 0.25) is 0 Å². The van der Waals surface area contributed by atoms with Gasteiger partial charge >= 0.3 is 0 Å². The molecule has 1 atom stereocenters. The Hall–Kier alpha value is -1.09. The van der Waals surface area contributed by atoms with E-state index in [1.54, 1.807) is 10.9 Å². The Morgan fingerprint density at radius 1 is 1.50 bits per heavy atom. The zero-order valence-corrected chi connectivity index (χ0v) is 11.4. The Bertz CT molecular complexity index is 364. The molecule has 1 aromatic rings. The molecular weight excluding hydrogens is 222 g/mol. The molecule has 100 valence electrons. The van der Waals surface area contributed by atoms with Crippen molar-refractivity contribution in [3.05, 3.63) is 24.5 Å². The van der Waals surface area contributed by atoms with Gasteiger partial charge in [0.15, 0.2) is 0 Å². The first kappa shape index (κ1) is 13.3. The normalized spacial score (nSPS) is 18.7. The van der Waals surface area contributed by atoms with E-state index in [4.69, 9.17) is 0 Å². The number of rotatable bonds is 6. The molecule has 0 aromatic carbocycles. The van der Waals surface area contributed by atoms with E-state index in [1.165, 1.54) is 44.1 Å². The molecule has 3 heteroatoms. The molecule has 1 aliphatic rings. The molecule has 0 spiro atoms. The lowest BCUT2D eigenvalue weighted by Crippen LogP contribution is -2.36. The second kappa shape index (κ2) is 6.74. The van der Waals surface area contributed by atoms with Gasteiger partial charge in [-0.15, -0.1) is 0 Å². The highest BCUT2D eigenvalue weighted by Crippen LogP contribution is 2.27. The van der Waals surface area contributed by atoms with Gasteiger partial charge < -0.3 is 5.32 Å². The smallest absolute Gasteiger partial charge is 0.0538 e. The Kier molecular flexibility index (Phi) is 5.00. The molecule has 1 heterocycles. The van der Waals surface area contributed by atoms with Gasteiger partial charge in [-0.2, -0.15) is 5.10 Å². The molecule has 3 nitrogen and oxygen atoms in total. The topological polar surface area (TPSA) is 29.9 Å². The summed E-state index contributed by atoms with van der Waals surface area (Å²) < 4.78 is 1.76. The lowest BCUT2D eigenvalue weighted by Gasteiger charge is -2.30. The lowest BCUT2D eigenvalue weighted by atomic mass is 9.83. The SMILES string of the molecule is C=Cn1cc(CNC(CC)C2CCCCC2)cn1. The second-order valence-electron chi connectivity index (χ2n) is 5.30. The minimum atomic E-state index is 0.664. The molecule has 1 aliphatic carbocycles. The van der Waals surface area contributed by atoms with Crippen LogP contribution in [0.2, 0.25) is 0 Å². The molecule has 1 N–H and O–H groups in total. The van der Waals surface area contributed by atoms with Crippen LogP contribution >= 0.6 is 0 Å². The van der Waals surface area contributed by atoms with Crippen LogP contribution in [0.25, 0.3) is 6.20 Å². The summed E-state index contributed by atoms with van der Waals surface area (Å²) in [6, 6.07) is 0.664. The van der Waals surface area contributed by atoms with E-state index in [1.807, 2.05) is 12.4 Å². The number of hydrogen-bond acceptors (Lipinski definition) is 2. The summed E-state index contributed by atoms with van der Waals surface area (Å²) in [7, 11) is 0. The van der Waals surface area contributed by atoms with Crippen molar-refractivity contribution in [1.29, 1.82) is 0 Å². The largest absolute Gasteiger partial charge is 0.310 e. The predicted molar refractivity (Wildman–Crippen MR) is 76.1 cm³/mol. The third kappa shape index (κ3) is 3.45. The van der Waals surface area contributed by atoms with Gasteiger partial charge in [-0.1, -0.05) is 32.8 Å². The molecule has 0 bridgehead atoms. The van der Waals surface area contributed by atoms with Crippen LogP contribution in [0.1, 0.15) is 51.0 Å². The van der Waals surface area contributed by atoms with Crippen molar-refractivity contribution >= 4 is 6.20 Å². The predicted octanol–water partition coefficient (Wildman–Crippen LogP) is 3.43. The molecule has 2 rings (SSSR count). The van der Waals surface area contributed by atoms with Crippen LogP contribution in [0.5, 0.6) is 0 Å². The zero-order chi connectivity index (χ0) is 12.8. The maximum Gasteiger partial charge on any atom is 0.0538 e. The van der Waals surface area contributed by atoms with Crippen LogP contribution in [-0.4, -0.2) is 15.8 Å². The van der Waals surface area contributed by atoms with Crippen molar-refractivity contribution in [2.75, 3.05) is 0 Å². The molecule has 0 aliphatic heterocycles. The van der Waals surface area contributed by atoms with Crippen LogP contribution in [0.15, 0.2) is 19.0 Å². The Morgan fingerprint density at radius 3 is 2.89 bits per heavy atom. The third-order valence-electron chi connectivity index (χ3n) is 4.07. The van der Waals surface area contributed by atoms with Gasteiger partial charge in [0.1, 0.15) is 0 Å². The van der Waals surface area contributed by atoms with Gasteiger partial charge in [-0.25, -0.2) is 4.68 Å². The van der Waals surface area contributed by atoms with E-state index in [9.17, 15) is 0 Å². The van der Waals surface area contributed by atoms with Crippen molar-refractivity contribution in [3.63, 3.8) is 0 Å². The van der Waals surface area contributed by atoms with Crippen molar-refractivity contribution in [2.24, 2.45) is 5.92 Å².